The van der Waals surface area contributed by atoms with Gasteiger partial charge in [-0.2, -0.15) is 0 Å². The smallest absolute Gasteiger partial charge is 0.330 e. The standard InChI is InChI=1S/C18H20N2O4S/c1-2-24-17(22)10-8-13(7-9-16(19)21)20-18(23)15-11-12-5-3-4-6-14(12)25-15/h3-6,8,10-11,13H,2,7,9H2,1H3,(H2,19,21)(H,20,23)/t13-/m0/s1. The van der Waals surface area contributed by atoms with Crippen LogP contribution >= 0.6 is 11.3 Å². The molecule has 1 heterocycles. The summed E-state index contributed by atoms with van der Waals surface area (Å²) >= 11 is 1.38. The highest BCUT2D eigenvalue weighted by Gasteiger charge is 2.15. The van der Waals surface area contributed by atoms with Gasteiger partial charge in [-0.1, -0.05) is 24.3 Å². The van der Waals surface area contributed by atoms with Gasteiger partial charge in [0.05, 0.1) is 11.5 Å². The first-order chi connectivity index (χ1) is 12.0. The van der Waals surface area contributed by atoms with Gasteiger partial charge in [0.25, 0.3) is 5.91 Å². The number of nitrogens with two attached hydrogens (primary N) is 1. The molecule has 1 aromatic heterocycles. The average molecular weight is 360 g/mol. The fourth-order valence-electron chi connectivity index (χ4n) is 2.23. The van der Waals surface area contributed by atoms with Gasteiger partial charge in [-0.15, -0.1) is 11.3 Å². The molecule has 7 heteroatoms. The molecule has 2 rings (SSSR count). The second-order valence-corrected chi connectivity index (χ2v) is 6.43. The molecule has 6 nitrogen and oxygen atoms in total. The van der Waals surface area contributed by atoms with Crippen LogP contribution in [0.1, 0.15) is 29.4 Å². The zero-order chi connectivity index (χ0) is 18.2. The first-order valence-electron chi connectivity index (χ1n) is 7.92. The second-order valence-electron chi connectivity index (χ2n) is 5.34. The van der Waals surface area contributed by atoms with Crippen molar-refractivity contribution in [3.8, 4) is 0 Å². The minimum Gasteiger partial charge on any atom is -0.463 e. The van der Waals surface area contributed by atoms with Crippen molar-refractivity contribution in [2.24, 2.45) is 5.73 Å². The predicted octanol–water partition coefficient (Wildman–Crippen LogP) is 2.38. The minimum atomic E-state index is -0.498. The zero-order valence-corrected chi connectivity index (χ0v) is 14.7. The summed E-state index contributed by atoms with van der Waals surface area (Å²) in [6.07, 6.45) is 3.18. The second kappa shape index (κ2) is 8.98. The molecule has 0 aliphatic rings. The summed E-state index contributed by atoms with van der Waals surface area (Å²) in [5.41, 5.74) is 5.17. The largest absolute Gasteiger partial charge is 0.463 e. The maximum atomic E-state index is 12.5. The third kappa shape index (κ3) is 5.72. The molecule has 25 heavy (non-hydrogen) atoms. The number of nitrogens with one attached hydrogen (secondary N) is 1. The van der Waals surface area contributed by atoms with Gasteiger partial charge in [0, 0.05) is 23.2 Å². The highest BCUT2D eigenvalue weighted by Crippen LogP contribution is 2.25. The van der Waals surface area contributed by atoms with Gasteiger partial charge in [0.2, 0.25) is 5.91 Å². The number of fused-ring (bicyclic) bond motifs is 1. The summed E-state index contributed by atoms with van der Waals surface area (Å²) in [5.74, 6) is -1.22. The van der Waals surface area contributed by atoms with Crippen LogP contribution in [0.5, 0.6) is 0 Å². The van der Waals surface area contributed by atoms with Crippen molar-refractivity contribution in [1.82, 2.24) is 5.32 Å². The molecule has 0 fully saturated rings. The van der Waals surface area contributed by atoms with Crippen molar-refractivity contribution in [3.63, 3.8) is 0 Å². The van der Waals surface area contributed by atoms with Crippen LogP contribution in [0.15, 0.2) is 42.5 Å². The Hall–Kier alpha value is -2.67. The van der Waals surface area contributed by atoms with Crippen LogP contribution in [0.25, 0.3) is 10.1 Å². The van der Waals surface area contributed by atoms with Crippen molar-refractivity contribution in [2.45, 2.75) is 25.8 Å². The third-order valence-corrected chi connectivity index (χ3v) is 4.53. The quantitative estimate of drug-likeness (QED) is 0.558. The molecule has 0 unspecified atom stereocenters. The van der Waals surface area contributed by atoms with Crippen molar-refractivity contribution in [2.75, 3.05) is 6.61 Å². The topological polar surface area (TPSA) is 98.5 Å². The number of primary amides is 1. The summed E-state index contributed by atoms with van der Waals surface area (Å²) in [6.45, 7) is 1.98. The van der Waals surface area contributed by atoms with Gasteiger partial charge in [-0.05, 0) is 30.9 Å². The Bertz CT molecular complexity index is 764. The Kier molecular flexibility index (Phi) is 6.71. The normalized spacial score (nSPS) is 12.2. The molecule has 132 valence electrons. The van der Waals surface area contributed by atoms with Crippen LogP contribution in [0.3, 0.4) is 0 Å². The number of rotatable bonds is 8. The number of hydrogen-bond donors (Lipinski definition) is 2. The Labute approximate surface area is 149 Å². The Morgan fingerprint density at radius 2 is 2.08 bits per heavy atom. The first kappa shape index (κ1) is 18.7. The maximum absolute atomic E-state index is 12.5. The molecule has 0 aliphatic heterocycles. The van der Waals surface area contributed by atoms with Crippen LogP contribution in [-0.4, -0.2) is 30.4 Å². The lowest BCUT2D eigenvalue weighted by molar-refractivity contribution is -0.137. The van der Waals surface area contributed by atoms with E-state index in [4.69, 9.17) is 10.5 Å². The van der Waals surface area contributed by atoms with Gasteiger partial charge in [0.1, 0.15) is 0 Å². The Morgan fingerprint density at radius 3 is 2.76 bits per heavy atom. The molecule has 2 aromatic rings. The van der Waals surface area contributed by atoms with Crippen molar-refractivity contribution >= 4 is 39.2 Å². The molecule has 1 aromatic carbocycles. The number of ether oxygens (including phenoxy) is 1. The number of amides is 2. The molecule has 0 saturated heterocycles. The van der Waals surface area contributed by atoms with Gasteiger partial charge >= 0.3 is 5.97 Å². The highest BCUT2D eigenvalue weighted by atomic mass is 32.1. The molecule has 0 radical (unpaired) electrons. The molecule has 0 bridgehead atoms. The van der Waals surface area contributed by atoms with E-state index in [0.29, 0.717) is 11.3 Å². The van der Waals surface area contributed by atoms with Crippen molar-refractivity contribution in [1.29, 1.82) is 0 Å². The molecule has 3 N–H and O–H groups in total. The van der Waals surface area contributed by atoms with Crippen LogP contribution < -0.4 is 11.1 Å². The molecule has 0 spiro atoms. The fraction of sp³-hybridized carbons (Fsp3) is 0.278. The van der Waals surface area contributed by atoms with E-state index in [1.54, 1.807) is 6.92 Å². The van der Waals surface area contributed by atoms with Crippen LogP contribution in [-0.2, 0) is 14.3 Å². The number of benzene rings is 1. The van der Waals surface area contributed by atoms with Gasteiger partial charge in [-0.3, -0.25) is 9.59 Å². The lowest BCUT2D eigenvalue weighted by atomic mass is 10.1. The van der Waals surface area contributed by atoms with E-state index in [1.165, 1.54) is 23.5 Å². The third-order valence-electron chi connectivity index (χ3n) is 3.42. The van der Waals surface area contributed by atoms with E-state index >= 15 is 0 Å². The number of carbonyl (C=O) groups is 3. The zero-order valence-electron chi connectivity index (χ0n) is 13.9. The molecular weight excluding hydrogens is 340 g/mol. The Balaban J connectivity index is 2.09. The van der Waals surface area contributed by atoms with E-state index in [1.807, 2.05) is 30.3 Å². The van der Waals surface area contributed by atoms with E-state index in [0.717, 1.165) is 10.1 Å². The van der Waals surface area contributed by atoms with Crippen LogP contribution in [0, 0.1) is 0 Å². The van der Waals surface area contributed by atoms with E-state index < -0.39 is 17.9 Å². The van der Waals surface area contributed by atoms with E-state index in [9.17, 15) is 14.4 Å². The molecule has 0 saturated carbocycles. The minimum absolute atomic E-state index is 0.102. The number of carbonyl (C=O) groups excluding carboxylic acids is 3. The summed E-state index contributed by atoms with van der Waals surface area (Å²) < 4.78 is 5.84. The summed E-state index contributed by atoms with van der Waals surface area (Å²) in [5, 5.41) is 3.81. The van der Waals surface area contributed by atoms with Gasteiger partial charge in [-0.25, -0.2) is 4.79 Å². The number of hydrogen-bond acceptors (Lipinski definition) is 5. The SMILES string of the molecule is CCOC(=O)C=C[C@H](CCC(N)=O)NC(=O)c1cc2ccccc2s1. The van der Waals surface area contributed by atoms with Crippen LogP contribution in [0.2, 0.25) is 0 Å². The molecule has 1 atom stereocenters. The highest BCUT2D eigenvalue weighted by molar-refractivity contribution is 7.20. The predicted molar refractivity (Wildman–Crippen MR) is 97.3 cm³/mol. The summed E-state index contributed by atoms with van der Waals surface area (Å²) in [7, 11) is 0. The van der Waals surface area contributed by atoms with Gasteiger partial charge < -0.3 is 15.8 Å². The monoisotopic (exact) mass is 360 g/mol. The van der Waals surface area contributed by atoms with E-state index in [2.05, 4.69) is 5.32 Å². The molecule has 0 aliphatic carbocycles. The maximum Gasteiger partial charge on any atom is 0.330 e. The van der Waals surface area contributed by atoms with Crippen LogP contribution in [0.4, 0.5) is 0 Å². The van der Waals surface area contributed by atoms with Gasteiger partial charge in [0.15, 0.2) is 0 Å². The molecule has 2 amide bonds. The lowest BCUT2D eigenvalue weighted by Crippen LogP contribution is -2.34. The number of thiophene rings is 1. The number of esters is 1. The fourth-order valence-corrected chi connectivity index (χ4v) is 3.20. The van der Waals surface area contributed by atoms with E-state index in [-0.39, 0.29) is 18.9 Å². The Morgan fingerprint density at radius 1 is 1.32 bits per heavy atom. The lowest BCUT2D eigenvalue weighted by Gasteiger charge is -2.13. The summed E-state index contributed by atoms with van der Waals surface area (Å²) in [6, 6.07) is 9.03. The summed E-state index contributed by atoms with van der Waals surface area (Å²) in [4.78, 5) is 35.5. The average Bonchev–Trinajstić information content (AvgIpc) is 3.01. The van der Waals surface area contributed by atoms with Crippen molar-refractivity contribution in [3.05, 3.63) is 47.4 Å². The molecular formula is C18H20N2O4S. The van der Waals surface area contributed by atoms with Crippen molar-refractivity contribution < 1.29 is 19.1 Å². The first-order valence-corrected chi connectivity index (χ1v) is 8.74.